The maximum atomic E-state index is 6.27. The molecule has 2 N–H and O–H groups in total. The standard InChI is InChI=1S/C17H20ClN7S/c1-17(2)4-7-24(8-5-17)16-21-9-12(15-23-22-10-25(15)16)26-11-3-6-20-14(19)13(11)18/h3,6,9-10H,4-5,7-8H2,1-2H3,(H2,19,20). The topological polar surface area (TPSA) is 85.2 Å². The molecule has 1 aliphatic rings. The average Bonchev–Trinajstić information content (AvgIpc) is 3.10. The minimum atomic E-state index is 0.315. The summed E-state index contributed by atoms with van der Waals surface area (Å²) in [5, 5.41) is 8.82. The molecular formula is C17H20ClN7S. The Morgan fingerprint density at radius 1 is 1.19 bits per heavy atom. The Bertz CT molecular complexity index is 945. The number of fused-ring (bicyclic) bond motifs is 1. The fourth-order valence-electron chi connectivity index (χ4n) is 3.04. The van der Waals surface area contributed by atoms with Gasteiger partial charge in [0.25, 0.3) is 0 Å². The molecule has 4 rings (SSSR count). The average molecular weight is 390 g/mol. The lowest BCUT2D eigenvalue weighted by atomic mass is 9.83. The first-order valence-corrected chi connectivity index (χ1v) is 9.66. The highest BCUT2D eigenvalue weighted by molar-refractivity contribution is 7.99. The zero-order chi connectivity index (χ0) is 18.3. The molecule has 4 heterocycles. The van der Waals surface area contributed by atoms with Gasteiger partial charge < -0.3 is 10.6 Å². The fraction of sp³-hybridized carbons (Fsp3) is 0.412. The van der Waals surface area contributed by atoms with Crippen molar-refractivity contribution in [3.05, 3.63) is 29.8 Å². The molecule has 1 aliphatic heterocycles. The summed E-state index contributed by atoms with van der Waals surface area (Å²) in [6.45, 7) is 6.59. The molecule has 3 aromatic heterocycles. The first kappa shape index (κ1) is 17.4. The highest BCUT2D eigenvalue weighted by atomic mass is 35.5. The largest absolute Gasteiger partial charge is 0.382 e. The normalized spacial score (nSPS) is 17.0. The van der Waals surface area contributed by atoms with Crippen LogP contribution in [0.5, 0.6) is 0 Å². The van der Waals surface area contributed by atoms with E-state index in [2.05, 4.69) is 33.9 Å². The van der Waals surface area contributed by atoms with Crippen molar-refractivity contribution in [1.82, 2.24) is 24.6 Å². The van der Waals surface area contributed by atoms with E-state index in [0.29, 0.717) is 16.3 Å². The van der Waals surface area contributed by atoms with Crippen molar-refractivity contribution in [3.8, 4) is 0 Å². The van der Waals surface area contributed by atoms with Crippen LogP contribution in [0.2, 0.25) is 5.02 Å². The van der Waals surface area contributed by atoms with Crippen molar-refractivity contribution in [2.24, 2.45) is 5.41 Å². The third-order valence-corrected chi connectivity index (χ3v) is 6.36. The number of rotatable bonds is 3. The molecule has 0 unspecified atom stereocenters. The third kappa shape index (κ3) is 3.19. The van der Waals surface area contributed by atoms with E-state index in [0.717, 1.165) is 47.3 Å². The number of halogens is 1. The van der Waals surface area contributed by atoms with Crippen molar-refractivity contribution in [3.63, 3.8) is 0 Å². The predicted molar refractivity (Wildman–Crippen MR) is 104 cm³/mol. The van der Waals surface area contributed by atoms with Crippen LogP contribution in [0.25, 0.3) is 5.65 Å². The zero-order valence-corrected chi connectivity index (χ0v) is 16.3. The molecule has 1 saturated heterocycles. The summed E-state index contributed by atoms with van der Waals surface area (Å²) in [5.41, 5.74) is 6.94. The molecule has 26 heavy (non-hydrogen) atoms. The summed E-state index contributed by atoms with van der Waals surface area (Å²) in [7, 11) is 0. The summed E-state index contributed by atoms with van der Waals surface area (Å²) in [6, 6.07) is 1.83. The van der Waals surface area contributed by atoms with Crippen molar-refractivity contribution < 1.29 is 0 Å². The van der Waals surface area contributed by atoms with Gasteiger partial charge in [0.1, 0.15) is 12.1 Å². The van der Waals surface area contributed by atoms with Gasteiger partial charge in [-0.15, -0.1) is 10.2 Å². The molecule has 136 valence electrons. The van der Waals surface area contributed by atoms with Gasteiger partial charge in [-0.3, -0.25) is 0 Å². The lowest BCUT2D eigenvalue weighted by Crippen LogP contribution is -2.38. The maximum absolute atomic E-state index is 6.27. The van der Waals surface area contributed by atoms with Crippen LogP contribution < -0.4 is 10.6 Å². The van der Waals surface area contributed by atoms with E-state index in [1.54, 1.807) is 12.5 Å². The number of aromatic nitrogens is 5. The number of hydrogen-bond acceptors (Lipinski definition) is 7. The summed E-state index contributed by atoms with van der Waals surface area (Å²) in [4.78, 5) is 12.7. The van der Waals surface area contributed by atoms with Gasteiger partial charge in [0.2, 0.25) is 5.95 Å². The minimum absolute atomic E-state index is 0.315. The lowest BCUT2D eigenvalue weighted by molar-refractivity contribution is 0.278. The van der Waals surface area contributed by atoms with Crippen molar-refractivity contribution in [2.75, 3.05) is 23.7 Å². The van der Waals surface area contributed by atoms with E-state index in [1.807, 2.05) is 16.7 Å². The van der Waals surface area contributed by atoms with Gasteiger partial charge in [0.05, 0.1) is 9.92 Å². The lowest BCUT2D eigenvalue weighted by Gasteiger charge is -2.37. The monoisotopic (exact) mass is 389 g/mol. The molecule has 0 spiro atoms. The molecule has 0 bridgehead atoms. The van der Waals surface area contributed by atoms with Crippen molar-refractivity contribution >= 4 is 40.8 Å². The van der Waals surface area contributed by atoms with Crippen LogP contribution in [0, 0.1) is 5.41 Å². The van der Waals surface area contributed by atoms with E-state index in [9.17, 15) is 0 Å². The maximum Gasteiger partial charge on any atom is 0.212 e. The SMILES string of the molecule is CC1(C)CCN(c2ncc(Sc3ccnc(N)c3Cl)c3nncn23)CC1. The number of pyridine rings is 1. The third-order valence-electron chi connectivity index (χ3n) is 4.78. The van der Waals surface area contributed by atoms with Crippen LogP contribution in [0.4, 0.5) is 11.8 Å². The van der Waals surface area contributed by atoms with Crippen LogP contribution >= 0.6 is 23.4 Å². The molecule has 9 heteroatoms. The van der Waals surface area contributed by atoms with Gasteiger partial charge >= 0.3 is 0 Å². The summed E-state index contributed by atoms with van der Waals surface area (Å²) in [5.74, 6) is 1.19. The quantitative estimate of drug-likeness (QED) is 0.733. The predicted octanol–water partition coefficient (Wildman–Crippen LogP) is 3.53. The second-order valence-corrected chi connectivity index (χ2v) is 8.67. The molecule has 7 nitrogen and oxygen atoms in total. The molecule has 0 aromatic carbocycles. The van der Waals surface area contributed by atoms with Crippen LogP contribution in [0.3, 0.4) is 0 Å². The molecular weight excluding hydrogens is 370 g/mol. The Hall–Kier alpha value is -2.06. The van der Waals surface area contributed by atoms with Gasteiger partial charge in [-0.05, 0) is 24.3 Å². The van der Waals surface area contributed by atoms with Crippen molar-refractivity contribution in [2.45, 2.75) is 36.5 Å². The van der Waals surface area contributed by atoms with Gasteiger partial charge in [-0.2, -0.15) is 0 Å². The molecule has 0 amide bonds. The number of piperidine rings is 1. The molecule has 3 aromatic rings. The Morgan fingerprint density at radius 3 is 2.73 bits per heavy atom. The second-order valence-electron chi connectivity index (χ2n) is 7.21. The number of nitrogen functional groups attached to an aromatic ring is 1. The van der Waals surface area contributed by atoms with E-state index < -0.39 is 0 Å². The molecule has 0 saturated carbocycles. The van der Waals surface area contributed by atoms with E-state index in [4.69, 9.17) is 22.3 Å². The van der Waals surface area contributed by atoms with Gasteiger partial charge in [-0.1, -0.05) is 37.2 Å². The molecule has 0 aliphatic carbocycles. The number of nitrogens with zero attached hydrogens (tertiary/aromatic N) is 6. The van der Waals surface area contributed by atoms with Gasteiger partial charge in [0.15, 0.2) is 5.65 Å². The zero-order valence-electron chi connectivity index (χ0n) is 14.7. The Kier molecular flexibility index (Phi) is 4.40. The molecule has 0 radical (unpaired) electrons. The Labute approximate surface area is 161 Å². The smallest absolute Gasteiger partial charge is 0.212 e. The van der Waals surface area contributed by atoms with Crippen LogP contribution in [-0.4, -0.2) is 37.7 Å². The Balaban J connectivity index is 1.67. The first-order valence-electron chi connectivity index (χ1n) is 8.46. The first-order chi connectivity index (χ1) is 12.4. The van der Waals surface area contributed by atoms with Crippen molar-refractivity contribution in [1.29, 1.82) is 0 Å². The van der Waals surface area contributed by atoms with E-state index in [1.165, 1.54) is 11.8 Å². The summed E-state index contributed by atoms with van der Waals surface area (Å²) >= 11 is 7.73. The highest BCUT2D eigenvalue weighted by Crippen LogP contribution is 2.38. The fourth-order valence-corrected chi connectivity index (χ4v) is 4.17. The number of hydrogen-bond donors (Lipinski definition) is 1. The Morgan fingerprint density at radius 2 is 1.96 bits per heavy atom. The van der Waals surface area contributed by atoms with E-state index in [-0.39, 0.29) is 0 Å². The van der Waals surface area contributed by atoms with Crippen LogP contribution in [0.15, 0.2) is 34.6 Å². The summed E-state index contributed by atoms with van der Waals surface area (Å²) < 4.78 is 1.94. The number of anilines is 2. The van der Waals surface area contributed by atoms with Crippen LogP contribution in [-0.2, 0) is 0 Å². The molecule has 0 atom stereocenters. The van der Waals surface area contributed by atoms with E-state index >= 15 is 0 Å². The molecule has 1 fully saturated rings. The number of nitrogens with two attached hydrogens (primary N) is 1. The minimum Gasteiger partial charge on any atom is -0.382 e. The highest BCUT2D eigenvalue weighted by Gasteiger charge is 2.27. The second kappa shape index (κ2) is 6.59. The van der Waals surface area contributed by atoms with Crippen LogP contribution in [0.1, 0.15) is 26.7 Å². The summed E-state index contributed by atoms with van der Waals surface area (Å²) in [6.07, 6.45) is 7.46. The van der Waals surface area contributed by atoms with Gasteiger partial charge in [-0.25, -0.2) is 14.4 Å². The van der Waals surface area contributed by atoms with Gasteiger partial charge in [0, 0.05) is 30.4 Å².